The first-order valence-corrected chi connectivity index (χ1v) is 7.44. The SMILES string of the molecule is Cc1cc(N)cc(-c2n[nH]c(C3CCCCC3)n2)c1C. The highest BCUT2D eigenvalue weighted by Crippen LogP contribution is 2.32. The van der Waals surface area contributed by atoms with Gasteiger partial charge in [-0.25, -0.2) is 4.98 Å². The van der Waals surface area contributed by atoms with Crippen LogP contribution in [0.1, 0.15) is 55.0 Å². The third-order valence-corrected chi connectivity index (χ3v) is 4.43. The van der Waals surface area contributed by atoms with Crippen LogP contribution in [0, 0.1) is 13.8 Å². The number of nitrogen functional groups attached to an aromatic ring is 1. The highest BCUT2D eigenvalue weighted by molar-refractivity contribution is 5.67. The summed E-state index contributed by atoms with van der Waals surface area (Å²) in [5.41, 5.74) is 10.1. The van der Waals surface area contributed by atoms with E-state index in [4.69, 9.17) is 10.7 Å². The molecule has 20 heavy (non-hydrogen) atoms. The van der Waals surface area contributed by atoms with Gasteiger partial charge >= 0.3 is 0 Å². The molecule has 1 aliphatic rings. The summed E-state index contributed by atoms with van der Waals surface area (Å²) in [5, 5.41) is 7.55. The van der Waals surface area contributed by atoms with Crippen LogP contribution in [0.5, 0.6) is 0 Å². The summed E-state index contributed by atoms with van der Waals surface area (Å²) < 4.78 is 0. The molecule has 1 heterocycles. The van der Waals surface area contributed by atoms with E-state index in [1.807, 2.05) is 12.1 Å². The van der Waals surface area contributed by atoms with Gasteiger partial charge in [-0.1, -0.05) is 19.3 Å². The summed E-state index contributed by atoms with van der Waals surface area (Å²) in [6.07, 6.45) is 6.41. The van der Waals surface area contributed by atoms with Gasteiger partial charge in [0.2, 0.25) is 0 Å². The Morgan fingerprint density at radius 3 is 2.65 bits per heavy atom. The van der Waals surface area contributed by atoms with Gasteiger partial charge in [0.25, 0.3) is 0 Å². The maximum absolute atomic E-state index is 5.95. The van der Waals surface area contributed by atoms with Crippen molar-refractivity contribution >= 4 is 5.69 Å². The number of nitrogens with zero attached hydrogens (tertiary/aromatic N) is 2. The third kappa shape index (κ3) is 2.42. The molecule has 1 aromatic carbocycles. The van der Waals surface area contributed by atoms with Gasteiger partial charge in [0.05, 0.1) is 0 Å². The number of hydrogen-bond donors (Lipinski definition) is 2. The van der Waals surface area contributed by atoms with Crippen molar-refractivity contribution in [1.29, 1.82) is 0 Å². The van der Waals surface area contributed by atoms with Crippen LogP contribution in [0.4, 0.5) is 5.69 Å². The van der Waals surface area contributed by atoms with Crippen LogP contribution in [0.25, 0.3) is 11.4 Å². The second-order valence-electron chi connectivity index (χ2n) is 5.89. The molecule has 106 valence electrons. The van der Waals surface area contributed by atoms with Gasteiger partial charge < -0.3 is 5.73 Å². The minimum Gasteiger partial charge on any atom is -0.399 e. The normalized spacial score (nSPS) is 16.5. The average Bonchev–Trinajstić information content (AvgIpc) is 2.93. The van der Waals surface area contributed by atoms with Crippen molar-refractivity contribution in [3.63, 3.8) is 0 Å². The summed E-state index contributed by atoms with van der Waals surface area (Å²) in [7, 11) is 0. The molecule has 0 bridgehead atoms. The topological polar surface area (TPSA) is 67.6 Å². The number of nitrogens with one attached hydrogen (secondary N) is 1. The zero-order valence-corrected chi connectivity index (χ0v) is 12.2. The van der Waals surface area contributed by atoms with Crippen LogP contribution < -0.4 is 5.73 Å². The van der Waals surface area contributed by atoms with E-state index in [2.05, 4.69) is 24.0 Å². The fourth-order valence-corrected chi connectivity index (χ4v) is 3.07. The number of aromatic nitrogens is 3. The lowest BCUT2D eigenvalue weighted by molar-refractivity contribution is 0.429. The molecule has 0 saturated heterocycles. The Balaban J connectivity index is 1.93. The summed E-state index contributed by atoms with van der Waals surface area (Å²) in [6, 6.07) is 3.96. The molecule has 0 amide bonds. The van der Waals surface area contributed by atoms with E-state index in [0.29, 0.717) is 5.92 Å². The summed E-state index contributed by atoms with van der Waals surface area (Å²) in [6.45, 7) is 4.17. The predicted molar refractivity (Wildman–Crippen MR) is 81.5 cm³/mol. The van der Waals surface area contributed by atoms with E-state index < -0.39 is 0 Å². The smallest absolute Gasteiger partial charge is 0.181 e. The summed E-state index contributed by atoms with van der Waals surface area (Å²) in [5.74, 6) is 2.37. The quantitative estimate of drug-likeness (QED) is 0.817. The number of benzene rings is 1. The molecule has 1 fully saturated rings. The minimum absolute atomic E-state index is 0.549. The Hall–Kier alpha value is -1.84. The van der Waals surface area contributed by atoms with Crippen molar-refractivity contribution in [2.45, 2.75) is 51.9 Å². The van der Waals surface area contributed by atoms with Crippen molar-refractivity contribution in [3.05, 3.63) is 29.1 Å². The van der Waals surface area contributed by atoms with E-state index in [1.165, 1.54) is 43.2 Å². The van der Waals surface area contributed by atoms with Crippen molar-refractivity contribution in [2.24, 2.45) is 0 Å². The molecule has 1 aromatic heterocycles. The zero-order valence-electron chi connectivity index (χ0n) is 12.2. The molecule has 0 spiro atoms. The summed E-state index contributed by atoms with van der Waals surface area (Å²) >= 11 is 0. The van der Waals surface area contributed by atoms with Crippen LogP contribution in [0.3, 0.4) is 0 Å². The van der Waals surface area contributed by atoms with Crippen LogP contribution in [-0.2, 0) is 0 Å². The third-order valence-electron chi connectivity index (χ3n) is 4.43. The fourth-order valence-electron chi connectivity index (χ4n) is 3.07. The molecule has 4 nitrogen and oxygen atoms in total. The van der Waals surface area contributed by atoms with Gasteiger partial charge in [-0.05, 0) is 49.9 Å². The number of hydrogen-bond acceptors (Lipinski definition) is 3. The highest BCUT2D eigenvalue weighted by atomic mass is 15.2. The Kier molecular flexibility index (Phi) is 3.47. The van der Waals surface area contributed by atoms with Crippen LogP contribution in [0.15, 0.2) is 12.1 Å². The van der Waals surface area contributed by atoms with Gasteiger partial charge in [-0.3, -0.25) is 5.10 Å². The van der Waals surface area contributed by atoms with E-state index >= 15 is 0 Å². The lowest BCUT2D eigenvalue weighted by Crippen LogP contribution is -2.06. The second-order valence-corrected chi connectivity index (χ2v) is 5.89. The molecule has 0 atom stereocenters. The van der Waals surface area contributed by atoms with E-state index in [0.717, 1.165) is 22.9 Å². The Bertz CT molecular complexity index is 609. The minimum atomic E-state index is 0.549. The summed E-state index contributed by atoms with van der Waals surface area (Å²) in [4.78, 5) is 4.72. The average molecular weight is 270 g/mol. The standard InChI is InChI=1S/C16H22N4/c1-10-8-13(17)9-14(11(10)2)16-18-15(19-20-16)12-6-4-3-5-7-12/h8-9,12H,3-7,17H2,1-2H3,(H,18,19,20). The van der Waals surface area contributed by atoms with Gasteiger partial charge in [0.15, 0.2) is 5.82 Å². The molecule has 0 radical (unpaired) electrons. The molecule has 0 unspecified atom stereocenters. The molecule has 1 saturated carbocycles. The monoisotopic (exact) mass is 270 g/mol. The Labute approximate surface area is 119 Å². The van der Waals surface area contributed by atoms with Crippen molar-refractivity contribution < 1.29 is 0 Å². The van der Waals surface area contributed by atoms with Crippen molar-refractivity contribution in [2.75, 3.05) is 5.73 Å². The first-order valence-electron chi connectivity index (χ1n) is 7.44. The van der Waals surface area contributed by atoms with Crippen LogP contribution in [-0.4, -0.2) is 15.2 Å². The van der Waals surface area contributed by atoms with Crippen molar-refractivity contribution in [3.8, 4) is 11.4 Å². The maximum Gasteiger partial charge on any atom is 0.181 e. The predicted octanol–water partition coefficient (Wildman–Crippen LogP) is 3.72. The molecular weight excluding hydrogens is 248 g/mol. The Morgan fingerprint density at radius 1 is 1.15 bits per heavy atom. The molecular formula is C16H22N4. The van der Waals surface area contributed by atoms with Crippen LogP contribution >= 0.6 is 0 Å². The first-order chi connectivity index (χ1) is 9.65. The first kappa shape index (κ1) is 13.2. The van der Waals surface area contributed by atoms with Gasteiger partial charge in [0, 0.05) is 17.2 Å². The molecule has 4 heteroatoms. The maximum atomic E-state index is 5.95. The van der Waals surface area contributed by atoms with E-state index in [1.54, 1.807) is 0 Å². The lowest BCUT2D eigenvalue weighted by atomic mass is 9.89. The number of nitrogens with two attached hydrogens (primary N) is 1. The molecule has 1 aliphatic carbocycles. The molecule has 3 rings (SSSR count). The number of rotatable bonds is 2. The Morgan fingerprint density at radius 2 is 1.90 bits per heavy atom. The largest absolute Gasteiger partial charge is 0.399 e. The lowest BCUT2D eigenvalue weighted by Gasteiger charge is -2.18. The number of anilines is 1. The number of aryl methyl sites for hydroxylation is 1. The zero-order chi connectivity index (χ0) is 14.1. The van der Waals surface area contributed by atoms with E-state index in [-0.39, 0.29) is 0 Å². The van der Waals surface area contributed by atoms with Crippen LogP contribution in [0.2, 0.25) is 0 Å². The fraction of sp³-hybridized carbons (Fsp3) is 0.500. The van der Waals surface area contributed by atoms with Gasteiger partial charge in [0.1, 0.15) is 5.82 Å². The second kappa shape index (κ2) is 5.27. The molecule has 2 aromatic rings. The molecule has 3 N–H and O–H groups in total. The van der Waals surface area contributed by atoms with E-state index in [9.17, 15) is 0 Å². The highest BCUT2D eigenvalue weighted by Gasteiger charge is 2.20. The number of H-pyrrole nitrogens is 1. The molecule has 0 aliphatic heterocycles. The number of aromatic amines is 1. The van der Waals surface area contributed by atoms with Gasteiger partial charge in [-0.2, -0.15) is 5.10 Å². The van der Waals surface area contributed by atoms with Gasteiger partial charge in [-0.15, -0.1) is 0 Å². The van der Waals surface area contributed by atoms with Crippen molar-refractivity contribution in [1.82, 2.24) is 15.2 Å².